The maximum atomic E-state index is 11.9. The number of hydrogen-bond donors (Lipinski definition) is 2. The molecule has 7 heteroatoms. The SMILES string of the molecule is CC(=O)NC1=NNC(C(C)=O)(c2ccncc2)S1. The van der Waals surface area contributed by atoms with Gasteiger partial charge in [0.25, 0.3) is 0 Å². The molecule has 1 aromatic heterocycles. The minimum Gasteiger partial charge on any atom is -0.304 e. The van der Waals surface area contributed by atoms with Crippen molar-refractivity contribution in [1.29, 1.82) is 0 Å². The highest BCUT2D eigenvalue weighted by molar-refractivity contribution is 8.15. The van der Waals surface area contributed by atoms with Gasteiger partial charge in [-0.3, -0.25) is 20.0 Å². The van der Waals surface area contributed by atoms with Crippen LogP contribution in [-0.2, 0) is 14.5 Å². The van der Waals surface area contributed by atoms with Crippen molar-refractivity contribution in [3.8, 4) is 0 Å². The third kappa shape index (κ3) is 2.21. The minimum atomic E-state index is -0.985. The number of aromatic nitrogens is 1. The van der Waals surface area contributed by atoms with Crippen molar-refractivity contribution in [1.82, 2.24) is 15.7 Å². The predicted molar refractivity (Wildman–Crippen MR) is 68.6 cm³/mol. The van der Waals surface area contributed by atoms with E-state index in [4.69, 9.17) is 0 Å². The summed E-state index contributed by atoms with van der Waals surface area (Å²) in [5.41, 5.74) is 3.55. The number of ketones is 1. The molecule has 0 radical (unpaired) electrons. The molecular formula is C11H12N4O2S. The van der Waals surface area contributed by atoms with Crippen molar-refractivity contribution in [2.75, 3.05) is 0 Å². The summed E-state index contributed by atoms with van der Waals surface area (Å²) in [7, 11) is 0. The third-order valence-corrected chi connectivity index (χ3v) is 3.74. The molecule has 2 N–H and O–H groups in total. The van der Waals surface area contributed by atoms with Gasteiger partial charge in [-0.25, -0.2) is 0 Å². The molecule has 94 valence electrons. The van der Waals surface area contributed by atoms with E-state index in [9.17, 15) is 9.59 Å². The van der Waals surface area contributed by atoms with E-state index in [0.717, 1.165) is 5.56 Å². The highest BCUT2D eigenvalue weighted by Gasteiger charge is 2.43. The monoisotopic (exact) mass is 264 g/mol. The normalized spacial score (nSPS) is 22.0. The summed E-state index contributed by atoms with van der Waals surface area (Å²) in [4.78, 5) is 25.8. The number of amides is 1. The van der Waals surface area contributed by atoms with Crippen molar-refractivity contribution < 1.29 is 9.59 Å². The molecule has 0 spiro atoms. The van der Waals surface area contributed by atoms with E-state index < -0.39 is 4.87 Å². The molecule has 0 saturated carbocycles. The standard InChI is InChI=1S/C11H12N4O2S/c1-7(16)11(9-3-5-12-6-4-9)15-14-10(18-11)13-8(2)17/h3-6,15H,1-2H3,(H,13,14,17). The number of hydrogen-bond acceptors (Lipinski definition) is 6. The molecular weight excluding hydrogens is 252 g/mol. The third-order valence-electron chi connectivity index (χ3n) is 2.43. The molecule has 1 unspecified atom stereocenters. The molecule has 1 aliphatic heterocycles. The Bertz CT molecular complexity index is 517. The zero-order valence-corrected chi connectivity index (χ0v) is 10.7. The summed E-state index contributed by atoms with van der Waals surface area (Å²) in [5, 5.41) is 6.93. The maximum absolute atomic E-state index is 11.9. The Kier molecular flexibility index (Phi) is 3.33. The number of Topliss-reactive ketones (excluding diaryl/α,β-unsaturated/α-hetero) is 1. The van der Waals surface area contributed by atoms with E-state index >= 15 is 0 Å². The number of rotatable bonds is 2. The molecule has 0 bridgehead atoms. The fourth-order valence-corrected chi connectivity index (χ4v) is 2.65. The number of thioether (sulfide) groups is 1. The lowest BCUT2D eigenvalue weighted by atomic mass is 10.1. The second-order valence-electron chi connectivity index (χ2n) is 3.79. The molecule has 2 rings (SSSR count). The fraction of sp³-hybridized carbons (Fsp3) is 0.273. The van der Waals surface area contributed by atoms with Crippen LogP contribution in [-0.4, -0.2) is 21.8 Å². The zero-order chi connectivity index (χ0) is 13.2. The van der Waals surface area contributed by atoms with E-state index in [1.54, 1.807) is 24.5 Å². The van der Waals surface area contributed by atoms with E-state index in [1.807, 2.05) is 0 Å². The molecule has 6 nitrogen and oxygen atoms in total. The van der Waals surface area contributed by atoms with Gasteiger partial charge in [0.15, 0.2) is 15.8 Å². The zero-order valence-electron chi connectivity index (χ0n) is 9.93. The van der Waals surface area contributed by atoms with Crippen molar-refractivity contribution in [2.24, 2.45) is 5.10 Å². The molecule has 1 amide bonds. The Morgan fingerprint density at radius 2 is 2.00 bits per heavy atom. The van der Waals surface area contributed by atoms with E-state index in [0.29, 0.717) is 5.17 Å². The highest BCUT2D eigenvalue weighted by Crippen LogP contribution is 2.38. The Balaban J connectivity index is 2.29. The van der Waals surface area contributed by atoms with Crippen LogP contribution in [0.1, 0.15) is 19.4 Å². The molecule has 0 fully saturated rings. The predicted octanol–water partition coefficient (Wildman–Crippen LogP) is 0.567. The summed E-state index contributed by atoms with van der Waals surface area (Å²) in [6.07, 6.45) is 3.22. The van der Waals surface area contributed by atoms with E-state index in [1.165, 1.54) is 25.6 Å². The summed E-state index contributed by atoms with van der Waals surface area (Å²) >= 11 is 1.18. The van der Waals surface area contributed by atoms with Crippen molar-refractivity contribution in [2.45, 2.75) is 18.7 Å². The van der Waals surface area contributed by atoms with Gasteiger partial charge in [-0.1, -0.05) is 0 Å². The lowest BCUT2D eigenvalue weighted by Gasteiger charge is -2.24. The quantitative estimate of drug-likeness (QED) is 0.815. The first-order valence-corrected chi connectivity index (χ1v) is 6.09. The number of carbonyl (C=O) groups is 2. The van der Waals surface area contributed by atoms with E-state index in [2.05, 4.69) is 20.8 Å². The van der Waals surface area contributed by atoms with Crippen LogP contribution in [0, 0.1) is 0 Å². The second-order valence-corrected chi connectivity index (χ2v) is 4.99. The summed E-state index contributed by atoms with van der Waals surface area (Å²) < 4.78 is 0. The van der Waals surface area contributed by atoms with Gasteiger partial charge >= 0.3 is 0 Å². The van der Waals surface area contributed by atoms with Crippen molar-refractivity contribution >= 4 is 28.6 Å². The Morgan fingerprint density at radius 3 is 2.56 bits per heavy atom. The van der Waals surface area contributed by atoms with Crippen LogP contribution in [0.15, 0.2) is 29.6 Å². The maximum Gasteiger partial charge on any atom is 0.222 e. The lowest BCUT2D eigenvalue weighted by molar-refractivity contribution is -0.120. The molecule has 1 aromatic rings. The molecule has 2 heterocycles. The smallest absolute Gasteiger partial charge is 0.222 e. The lowest BCUT2D eigenvalue weighted by Crippen LogP contribution is -2.40. The van der Waals surface area contributed by atoms with Gasteiger partial charge in [0.1, 0.15) is 0 Å². The number of hydrazone groups is 1. The van der Waals surface area contributed by atoms with Crippen LogP contribution >= 0.6 is 11.8 Å². The second kappa shape index (κ2) is 4.77. The molecule has 18 heavy (non-hydrogen) atoms. The van der Waals surface area contributed by atoms with Gasteiger partial charge < -0.3 is 5.32 Å². The number of nitrogens with zero attached hydrogens (tertiary/aromatic N) is 2. The Morgan fingerprint density at radius 1 is 1.33 bits per heavy atom. The van der Waals surface area contributed by atoms with Crippen LogP contribution in [0.25, 0.3) is 0 Å². The topological polar surface area (TPSA) is 83.5 Å². The average molecular weight is 264 g/mol. The number of amidine groups is 1. The van der Waals surface area contributed by atoms with Gasteiger partial charge in [0.2, 0.25) is 5.91 Å². The number of pyridine rings is 1. The first-order valence-electron chi connectivity index (χ1n) is 5.27. The Labute approximate surface area is 108 Å². The van der Waals surface area contributed by atoms with Crippen LogP contribution in [0.3, 0.4) is 0 Å². The molecule has 1 atom stereocenters. The summed E-state index contributed by atoms with van der Waals surface area (Å²) in [6, 6.07) is 3.49. The molecule has 0 aliphatic carbocycles. The van der Waals surface area contributed by atoms with Gasteiger partial charge in [-0.15, -0.1) is 0 Å². The van der Waals surface area contributed by atoms with Crippen molar-refractivity contribution in [3.05, 3.63) is 30.1 Å². The van der Waals surface area contributed by atoms with E-state index in [-0.39, 0.29) is 11.7 Å². The minimum absolute atomic E-state index is 0.0946. The average Bonchev–Trinajstić information content (AvgIpc) is 2.74. The summed E-state index contributed by atoms with van der Waals surface area (Å²) in [6.45, 7) is 2.87. The fourth-order valence-electron chi connectivity index (χ4n) is 1.59. The Hall–Kier alpha value is -1.89. The molecule has 1 aliphatic rings. The van der Waals surface area contributed by atoms with Gasteiger partial charge in [-0.2, -0.15) is 5.10 Å². The molecule has 0 aromatic carbocycles. The van der Waals surface area contributed by atoms with Gasteiger partial charge in [-0.05, 0) is 30.8 Å². The first-order chi connectivity index (χ1) is 8.54. The summed E-state index contributed by atoms with van der Waals surface area (Å²) in [5.74, 6) is -0.320. The number of carbonyl (C=O) groups excluding carboxylic acids is 2. The van der Waals surface area contributed by atoms with Crippen molar-refractivity contribution in [3.63, 3.8) is 0 Å². The van der Waals surface area contributed by atoms with Crippen LogP contribution in [0.2, 0.25) is 0 Å². The van der Waals surface area contributed by atoms with Gasteiger partial charge in [0.05, 0.1) is 0 Å². The van der Waals surface area contributed by atoms with Gasteiger partial charge in [0, 0.05) is 24.9 Å². The number of nitrogens with one attached hydrogen (secondary N) is 2. The highest BCUT2D eigenvalue weighted by atomic mass is 32.2. The molecule has 0 saturated heterocycles. The van der Waals surface area contributed by atoms with Crippen LogP contribution in [0.4, 0.5) is 0 Å². The van der Waals surface area contributed by atoms with Crippen LogP contribution < -0.4 is 10.7 Å². The van der Waals surface area contributed by atoms with Crippen LogP contribution in [0.5, 0.6) is 0 Å². The first kappa shape index (κ1) is 12.6. The largest absolute Gasteiger partial charge is 0.304 e.